The van der Waals surface area contributed by atoms with E-state index in [0.29, 0.717) is 0 Å². The van der Waals surface area contributed by atoms with Crippen molar-refractivity contribution in [1.82, 2.24) is 9.88 Å². The number of hydrogen-bond donors (Lipinski definition) is 1. The van der Waals surface area contributed by atoms with E-state index in [-0.39, 0.29) is 0 Å². The first kappa shape index (κ1) is 10.6. The van der Waals surface area contributed by atoms with E-state index in [4.69, 9.17) is 4.42 Å². The van der Waals surface area contributed by atoms with Crippen molar-refractivity contribution in [2.75, 3.05) is 25.5 Å². The average Bonchev–Trinajstić information content (AvgIpc) is 3.07. The van der Waals surface area contributed by atoms with Gasteiger partial charge >= 0.3 is 0 Å². The van der Waals surface area contributed by atoms with Crippen molar-refractivity contribution in [2.24, 2.45) is 0 Å². The Bertz CT molecular complexity index is 504. The average molecular weight is 231 g/mol. The molecule has 2 aromatic rings. The molecule has 0 bridgehead atoms. The number of aromatic nitrogens is 1. The maximum absolute atomic E-state index is 5.34. The monoisotopic (exact) mass is 231 g/mol. The van der Waals surface area contributed by atoms with E-state index in [2.05, 4.69) is 22.2 Å². The Balaban J connectivity index is 1.62. The van der Waals surface area contributed by atoms with Gasteiger partial charge < -0.3 is 14.6 Å². The summed E-state index contributed by atoms with van der Waals surface area (Å²) in [5.41, 5.74) is 0.887. The van der Waals surface area contributed by atoms with Gasteiger partial charge in [0.2, 0.25) is 0 Å². The van der Waals surface area contributed by atoms with Gasteiger partial charge in [0.05, 0.1) is 11.6 Å². The number of nitrogens with one attached hydrogen (secondary N) is 1. The van der Waals surface area contributed by atoms with Crippen LogP contribution >= 0.6 is 0 Å². The Morgan fingerprint density at radius 3 is 3.18 bits per heavy atom. The first-order valence-corrected chi connectivity index (χ1v) is 6.11. The van der Waals surface area contributed by atoms with Crippen LogP contribution in [0.5, 0.6) is 0 Å². The Hall–Kier alpha value is -1.55. The van der Waals surface area contributed by atoms with Gasteiger partial charge in [-0.3, -0.25) is 0 Å². The number of hydrogen-bond acceptors (Lipinski definition) is 4. The normalized spacial score (nSPS) is 15.6. The van der Waals surface area contributed by atoms with Gasteiger partial charge in [-0.15, -0.1) is 0 Å². The molecule has 2 aromatic heterocycles. The van der Waals surface area contributed by atoms with Gasteiger partial charge in [0.15, 0.2) is 0 Å². The third-order valence-electron chi connectivity index (χ3n) is 3.31. The molecule has 0 aliphatic heterocycles. The number of likely N-dealkylation sites (N-methyl/N-ethyl adjacent to an activating group) is 1. The third-order valence-corrected chi connectivity index (χ3v) is 3.31. The van der Waals surface area contributed by atoms with Crippen LogP contribution in [-0.2, 0) is 0 Å². The van der Waals surface area contributed by atoms with Crippen molar-refractivity contribution in [3.8, 4) is 0 Å². The van der Waals surface area contributed by atoms with Crippen molar-refractivity contribution >= 4 is 16.8 Å². The second-order valence-corrected chi connectivity index (χ2v) is 4.63. The van der Waals surface area contributed by atoms with Crippen molar-refractivity contribution in [1.29, 1.82) is 0 Å². The lowest BCUT2D eigenvalue weighted by Gasteiger charge is -2.16. The Morgan fingerprint density at radius 1 is 1.47 bits per heavy atom. The maximum Gasteiger partial charge on any atom is 0.139 e. The summed E-state index contributed by atoms with van der Waals surface area (Å²) in [6.07, 6.45) is 6.19. The van der Waals surface area contributed by atoms with E-state index in [1.165, 1.54) is 12.8 Å². The molecule has 3 rings (SSSR count). The molecule has 0 unspecified atom stereocenters. The van der Waals surface area contributed by atoms with E-state index < -0.39 is 0 Å². The lowest BCUT2D eigenvalue weighted by molar-refractivity contribution is 0.337. The van der Waals surface area contributed by atoms with Crippen LogP contribution in [0.15, 0.2) is 29.0 Å². The van der Waals surface area contributed by atoms with Gasteiger partial charge in [-0.05, 0) is 32.0 Å². The fraction of sp³-hybridized carbons (Fsp3) is 0.462. The predicted molar refractivity (Wildman–Crippen MR) is 68.2 cm³/mol. The summed E-state index contributed by atoms with van der Waals surface area (Å²) in [5.74, 6) is 0.917. The maximum atomic E-state index is 5.34. The SMILES string of the molecule is CN(CCNc1nccc2occc12)C1CC1. The first-order valence-electron chi connectivity index (χ1n) is 6.11. The number of anilines is 1. The standard InChI is InChI=1S/C13H17N3O/c1-16(10-2-3-10)8-7-15-13-11-5-9-17-12(11)4-6-14-13/h4-6,9-10H,2-3,7-8H2,1H3,(H,14,15). The molecule has 1 fully saturated rings. The van der Waals surface area contributed by atoms with Gasteiger partial charge in [0, 0.05) is 25.3 Å². The fourth-order valence-corrected chi connectivity index (χ4v) is 2.08. The number of rotatable bonds is 5. The van der Waals surface area contributed by atoms with Crippen LogP contribution in [0.1, 0.15) is 12.8 Å². The molecule has 0 radical (unpaired) electrons. The van der Waals surface area contributed by atoms with Crippen molar-refractivity contribution in [3.05, 3.63) is 24.6 Å². The number of nitrogens with zero attached hydrogens (tertiary/aromatic N) is 2. The molecule has 1 aliphatic rings. The molecule has 1 aliphatic carbocycles. The van der Waals surface area contributed by atoms with E-state index >= 15 is 0 Å². The molecule has 17 heavy (non-hydrogen) atoms. The molecule has 4 heteroatoms. The zero-order valence-electron chi connectivity index (χ0n) is 10.0. The largest absolute Gasteiger partial charge is 0.464 e. The van der Waals surface area contributed by atoms with Gasteiger partial charge in [0.1, 0.15) is 11.4 Å². The smallest absolute Gasteiger partial charge is 0.139 e. The van der Waals surface area contributed by atoms with E-state index in [1.54, 1.807) is 12.5 Å². The highest BCUT2D eigenvalue weighted by Gasteiger charge is 2.25. The quantitative estimate of drug-likeness (QED) is 0.857. The molecule has 90 valence electrons. The predicted octanol–water partition coefficient (Wildman–Crippen LogP) is 2.33. The highest BCUT2D eigenvalue weighted by molar-refractivity contribution is 5.87. The molecule has 1 N–H and O–H groups in total. The molecular formula is C13H17N3O. The molecule has 1 saturated carbocycles. The van der Waals surface area contributed by atoms with Crippen LogP contribution < -0.4 is 5.32 Å². The van der Waals surface area contributed by atoms with Crippen LogP contribution in [0.4, 0.5) is 5.82 Å². The van der Waals surface area contributed by atoms with Gasteiger partial charge in [-0.1, -0.05) is 0 Å². The molecule has 0 saturated heterocycles. The number of fused-ring (bicyclic) bond motifs is 1. The third kappa shape index (κ3) is 2.26. The summed E-state index contributed by atoms with van der Waals surface area (Å²) >= 11 is 0. The molecule has 0 aromatic carbocycles. The van der Waals surface area contributed by atoms with Gasteiger partial charge in [0.25, 0.3) is 0 Å². The Kier molecular flexibility index (Phi) is 2.73. The summed E-state index contributed by atoms with van der Waals surface area (Å²) in [6, 6.07) is 4.65. The molecule has 2 heterocycles. The highest BCUT2D eigenvalue weighted by Crippen LogP contribution is 2.25. The molecular weight excluding hydrogens is 214 g/mol. The van der Waals surface area contributed by atoms with E-state index in [1.807, 2.05) is 12.1 Å². The van der Waals surface area contributed by atoms with E-state index in [0.717, 1.165) is 35.9 Å². The Morgan fingerprint density at radius 2 is 2.35 bits per heavy atom. The first-order chi connectivity index (χ1) is 8.34. The van der Waals surface area contributed by atoms with Crippen molar-refractivity contribution < 1.29 is 4.42 Å². The van der Waals surface area contributed by atoms with Crippen molar-refractivity contribution in [3.63, 3.8) is 0 Å². The lowest BCUT2D eigenvalue weighted by Crippen LogP contribution is -2.27. The minimum atomic E-state index is 0.814. The summed E-state index contributed by atoms with van der Waals surface area (Å²) < 4.78 is 5.34. The summed E-state index contributed by atoms with van der Waals surface area (Å²) in [4.78, 5) is 6.75. The molecule has 0 amide bonds. The zero-order chi connectivity index (χ0) is 11.7. The number of pyridine rings is 1. The number of furan rings is 1. The summed E-state index contributed by atoms with van der Waals surface area (Å²) in [6.45, 7) is 1.98. The van der Waals surface area contributed by atoms with Crippen LogP contribution in [0.2, 0.25) is 0 Å². The van der Waals surface area contributed by atoms with E-state index in [9.17, 15) is 0 Å². The van der Waals surface area contributed by atoms with Crippen LogP contribution in [0, 0.1) is 0 Å². The van der Waals surface area contributed by atoms with Crippen LogP contribution in [0.3, 0.4) is 0 Å². The van der Waals surface area contributed by atoms with Crippen LogP contribution in [0.25, 0.3) is 11.0 Å². The molecule has 0 spiro atoms. The Labute approximate surface area is 101 Å². The fourth-order valence-electron chi connectivity index (χ4n) is 2.08. The summed E-state index contributed by atoms with van der Waals surface area (Å²) in [7, 11) is 2.19. The minimum absolute atomic E-state index is 0.814. The molecule has 4 nitrogen and oxygen atoms in total. The second kappa shape index (κ2) is 4.37. The topological polar surface area (TPSA) is 41.3 Å². The molecule has 0 atom stereocenters. The minimum Gasteiger partial charge on any atom is -0.464 e. The second-order valence-electron chi connectivity index (χ2n) is 4.63. The van der Waals surface area contributed by atoms with Crippen molar-refractivity contribution in [2.45, 2.75) is 18.9 Å². The zero-order valence-corrected chi connectivity index (χ0v) is 10.0. The van der Waals surface area contributed by atoms with Crippen LogP contribution in [-0.4, -0.2) is 36.1 Å². The van der Waals surface area contributed by atoms with Gasteiger partial charge in [-0.2, -0.15) is 0 Å². The van der Waals surface area contributed by atoms with Gasteiger partial charge in [-0.25, -0.2) is 4.98 Å². The summed E-state index contributed by atoms with van der Waals surface area (Å²) in [5, 5.41) is 4.43. The highest BCUT2D eigenvalue weighted by atomic mass is 16.3. The lowest BCUT2D eigenvalue weighted by atomic mass is 10.3.